The van der Waals surface area contributed by atoms with Crippen molar-refractivity contribution in [3.05, 3.63) is 23.9 Å². The Labute approximate surface area is 144 Å². The second-order valence-electron chi connectivity index (χ2n) is 7.45. The van der Waals surface area contributed by atoms with E-state index in [1.54, 1.807) is 25.7 Å². The quantitative estimate of drug-likeness (QED) is 0.837. The number of nitrogens with one attached hydrogen (secondary N) is 1. The zero-order valence-electron chi connectivity index (χ0n) is 14.6. The van der Waals surface area contributed by atoms with Crippen LogP contribution in [0.25, 0.3) is 0 Å². The summed E-state index contributed by atoms with van der Waals surface area (Å²) in [6.07, 6.45) is -4.27. The second-order valence-corrected chi connectivity index (χ2v) is 7.45. The molecule has 0 bridgehead atoms. The zero-order chi connectivity index (χ0) is 18.9. The molecule has 1 aromatic heterocycles. The largest absolute Gasteiger partial charge is 0.433 e. The van der Waals surface area contributed by atoms with Gasteiger partial charge in [0, 0.05) is 31.3 Å². The van der Waals surface area contributed by atoms with E-state index >= 15 is 0 Å². The third-order valence-electron chi connectivity index (χ3n) is 4.26. The summed E-state index contributed by atoms with van der Waals surface area (Å²) in [4.78, 5) is 17.1. The van der Waals surface area contributed by atoms with Crippen molar-refractivity contribution in [1.29, 1.82) is 0 Å². The molecule has 0 aromatic carbocycles. The third kappa shape index (κ3) is 5.06. The number of carbonyl (C=O) groups is 1. The van der Waals surface area contributed by atoms with Crippen LogP contribution in [0.1, 0.15) is 39.3 Å². The van der Waals surface area contributed by atoms with Gasteiger partial charge in [-0.1, -0.05) is 26.8 Å². The maximum Gasteiger partial charge on any atom is 0.433 e. The fraction of sp³-hybridized carbons (Fsp3) is 0.647. The zero-order valence-corrected chi connectivity index (χ0v) is 14.6. The summed E-state index contributed by atoms with van der Waals surface area (Å²) in [6, 6.07) is 3.70. The van der Waals surface area contributed by atoms with E-state index in [1.165, 1.54) is 12.1 Å². The Hall–Kier alpha value is -1.86. The van der Waals surface area contributed by atoms with Crippen LogP contribution in [-0.2, 0) is 11.0 Å². The Morgan fingerprint density at radius 2 is 1.84 bits per heavy atom. The number of amides is 1. The second kappa shape index (κ2) is 6.80. The van der Waals surface area contributed by atoms with Crippen LogP contribution in [0.4, 0.5) is 23.4 Å². The van der Waals surface area contributed by atoms with Gasteiger partial charge in [0.05, 0.1) is 6.54 Å². The summed E-state index contributed by atoms with van der Waals surface area (Å²) in [5.41, 5.74) is -3.11. The molecule has 0 spiro atoms. The summed E-state index contributed by atoms with van der Waals surface area (Å²) in [5.74, 6) is -0.0397. The number of hydrogen-bond acceptors (Lipinski definition) is 3. The molecule has 1 amide bonds. The summed E-state index contributed by atoms with van der Waals surface area (Å²) in [7, 11) is 0. The first-order chi connectivity index (χ1) is 11.4. The number of rotatable bonds is 3. The van der Waals surface area contributed by atoms with Crippen LogP contribution in [0.15, 0.2) is 18.2 Å². The van der Waals surface area contributed by atoms with Gasteiger partial charge in [-0.3, -0.25) is 4.79 Å². The van der Waals surface area contributed by atoms with Crippen molar-refractivity contribution in [2.75, 3.05) is 24.5 Å². The molecule has 1 fully saturated rings. The molecule has 25 heavy (non-hydrogen) atoms. The number of carbonyl (C=O) groups excluding carboxylic acids is 1. The van der Waals surface area contributed by atoms with Crippen LogP contribution < -0.4 is 10.2 Å². The van der Waals surface area contributed by atoms with Crippen molar-refractivity contribution in [3.8, 4) is 0 Å². The molecule has 0 saturated carbocycles. The minimum absolute atomic E-state index is 0.0903. The van der Waals surface area contributed by atoms with E-state index in [9.17, 15) is 22.4 Å². The standard InChI is InChI=1S/C17H23F4N3O/c1-15(2,3)14(25)22-11-16(18)7-9-24(10-8-16)13-6-4-5-12(23-13)17(19,20)21/h4-6H,7-11H2,1-3H3,(H,22,25). The van der Waals surface area contributed by atoms with Crippen molar-refractivity contribution < 1.29 is 22.4 Å². The van der Waals surface area contributed by atoms with E-state index in [4.69, 9.17) is 0 Å². The molecule has 0 radical (unpaired) electrons. The van der Waals surface area contributed by atoms with E-state index in [1.807, 2.05) is 0 Å². The smallest absolute Gasteiger partial charge is 0.356 e. The third-order valence-corrected chi connectivity index (χ3v) is 4.26. The molecule has 2 rings (SSSR count). The van der Waals surface area contributed by atoms with Crippen molar-refractivity contribution in [3.63, 3.8) is 0 Å². The van der Waals surface area contributed by atoms with Crippen molar-refractivity contribution in [1.82, 2.24) is 10.3 Å². The summed E-state index contributed by atoms with van der Waals surface area (Å²) in [5, 5.41) is 2.62. The van der Waals surface area contributed by atoms with Gasteiger partial charge in [0.25, 0.3) is 0 Å². The number of anilines is 1. The average molecular weight is 361 g/mol. The number of nitrogens with zero attached hydrogens (tertiary/aromatic N) is 2. The van der Waals surface area contributed by atoms with Gasteiger partial charge in [-0.15, -0.1) is 0 Å². The monoisotopic (exact) mass is 361 g/mol. The maximum absolute atomic E-state index is 14.8. The van der Waals surface area contributed by atoms with E-state index in [0.29, 0.717) is 0 Å². The molecule has 140 valence electrons. The number of pyridine rings is 1. The minimum atomic E-state index is -4.51. The number of hydrogen-bond donors (Lipinski definition) is 1. The molecule has 1 aromatic rings. The van der Waals surface area contributed by atoms with E-state index in [-0.39, 0.29) is 44.2 Å². The molecule has 2 heterocycles. The highest BCUT2D eigenvalue weighted by Crippen LogP contribution is 2.32. The van der Waals surface area contributed by atoms with Crippen LogP contribution in [0.5, 0.6) is 0 Å². The van der Waals surface area contributed by atoms with Gasteiger partial charge in [-0.2, -0.15) is 13.2 Å². The normalized spacial score (nSPS) is 18.1. The van der Waals surface area contributed by atoms with Crippen molar-refractivity contribution in [2.24, 2.45) is 5.41 Å². The summed E-state index contributed by atoms with van der Waals surface area (Å²) in [6.45, 7) is 5.64. The van der Waals surface area contributed by atoms with Gasteiger partial charge >= 0.3 is 6.18 Å². The number of halogens is 4. The number of alkyl halides is 4. The Morgan fingerprint density at radius 1 is 1.24 bits per heavy atom. The van der Waals surface area contributed by atoms with Crippen LogP contribution >= 0.6 is 0 Å². The highest BCUT2D eigenvalue weighted by molar-refractivity contribution is 5.81. The van der Waals surface area contributed by atoms with E-state index < -0.39 is 23.0 Å². The highest BCUT2D eigenvalue weighted by atomic mass is 19.4. The molecule has 0 atom stereocenters. The molecule has 0 unspecified atom stereocenters. The van der Waals surface area contributed by atoms with Gasteiger partial charge in [-0.05, 0) is 12.1 Å². The number of piperidine rings is 1. The maximum atomic E-state index is 14.8. The topological polar surface area (TPSA) is 45.2 Å². The van der Waals surface area contributed by atoms with Gasteiger partial charge in [0.15, 0.2) is 0 Å². The molecule has 0 aliphatic carbocycles. The van der Waals surface area contributed by atoms with Crippen LogP contribution in [0, 0.1) is 5.41 Å². The lowest BCUT2D eigenvalue weighted by Gasteiger charge is -2.37. The predicted molar refractivity (Wildman–Crippen MR) is 87.0 cm³/mol. The van der Waals surface area contributed by atoms with Crippen LogP contribution in [0.2, 0.25) is 0 Å². The van der Waals surface area contributed by atoms with Gasteiger partial charge in [0.1, 0.15) is 17.2 Å². The summed E-state index contributed by atoms with van der Waals surface area (Å²) < 4.78 is 53.1. The fourth-order valence-corrected chi connectivity index (χ4v) is 2.57. The SMILES string of the molecule is CC(C)(C)C(=O)NCC1(F)CCN(c2cccc(C(F)(F)F)n2)CC1. The van der Waals surface area contributed by atoms with Crippen molar-refractivity contribution >= 4 is 11.7 Å². The molecule has 1 saturated heterocycles. The average Bonchev–Trinajstić information content (AvgIpc) is 2.52. The van der Waals surface area contributed by atoms with Crippen molar-refractivity contribution in [2.45, 2.75) is 45.5 Å². The van der Waals surface area contributed by atoms with Crippen LogP contribution in [0.3, 0.4) is 0 Å². The Bertz CT molecular complexity index is 617. The first-order valence-electron chi connectivity index (χ1n) is 8.17. The van der Waals surface area contributed by atoms with Gasteiger partial charge in [-0.25, -0.2) is 9.37 Å². The molecule has 1 aliphatic heterocycles. The summed E-state index contributed by atoms with van der Waals surface area (Å²) >= 11 is 0. The van der Waals surface area contributed by atoms with E-state index in [2.05, 4.69) is 10.3 Å². The van der Waals surface area contributed by atoms with Gasteiger partial charge in [0.2, 0.25) is 5.91 Å². The number of aromatic nitrogens is 1. The first-order valence-corrected chi connectivity index (χ1v) is 8.17. The first kappa shape index (κ1) is 19.5. The molecular weight excluding hydrogens is 338 g/mol. The molecular formula is C17H23F4N3O. The lowest BCUT2D eigenvalue weighted by Crippen LogP contribution is -2.50. The fourth-order valence-electron chi connectivity index (χ4n) is 2.57. The lowest BCUT2D eigenvalue weighted by molar-refractivity contribution is -0.141. The Morgan fingerprint density at radius 3 is 2.36 bits per heavy atom. The molecule has 4 nitrogen and oxygen atoms in total. The minimum Gasteiger partial charge on any atom is -0.356 e. The van der Waals surface area contributed by atoms with Crippen LogP contribution in [-0.4, -0.2) is 36.2 Å². The Kier molecular flexibility index (Phi) is 5.30. The molecule has 8 heteroatoms. The lowest BCUT2D eigenvalue weighted by atomic mass is 9.91. The van der Waals surface area contributed by atoms with Gasteiger partial charge < -0.3 is 10.2 Å². The highest BCUT2D eigenvalue weighted by Gasteiger charge is 2.37. The molecule has 1 N–H and O–H groups in total. The van der Waals surface area contributed by atoms with E-state index in [0.717, 1.165) is 6.07 Å². The Balaban J connectivity index is 1.96. The molecule has 1 aliphatic rings. The predicted octanol–water partition coefficient (Wildman–Crippen LogP) is 3.57.